The highest BCUT2D eigenvalue weighted by molar-refractivity contribution is 5.76. The van der Waals surface area contributed by atoms with Crippen LogP contribution in [0.2, 0.25) is 0 Å². The number of nitrogens with zero attached hydrogens (tertiary/aromatic N) is 1. The minimum absolute atomic E-state index is 0.126. The van der Waals surface area contributed by atoms with Gasteiger partial charge in [-0.15, -0.1) is 0 Å². The maximum absolute atomic E-state index is 12.8. The van der Waals surface area contributed by atoms with Crippen molar-refractivity contribution in [2.24, 2.45) is 5.73 Å². The Balaban J connectivity index is 1.75. The predicted octanol–water partition coefficient (Wildman–Crippen LogP) is 3.36. The van der Waals surface area contributed by atoms with Crippen LogP contribution < -0.4 is 5.73 Å². The van der Waals surface area contributed by atoms with Crippen LogP contribution in [0.15, 0.2) is 48.5 Å². The van der Waals surface area contributed by atoms with Crippen LogP contribution in [0, 0.1) is 0 Å². The van der Waals surface area contributed by atoms with Crippen LogP contribution in [0.1, 0.15) is 47.9 Å². The molecule has 4 rings (SSSR count). The van der Waals surface area contributed by atoms with E-state index in [9.17, 15) is 9.59 Å². The summed E-state index contributed by atoms with van der Waals surface area (Å²) < 4.78 is 0. The topological polar surface area (TPSA) is 63.4 Å². The van der Waals surface area contributed by atoms with Gasteiger partial charge in [-0.05, 0) is 47.9 Å². The zero-order valence-corrected chi connectivity index (χ0v) is 15.1. The van der Waals surface area contributed by atoms with Gasteiger partial charge in [0.05, 0.1) is 0 Å². The van der Waals surface area contributed by atoms with Crippen molar-refractivity contribution in [3.8, 4) is 0 Å². The van der Waals surface area contributed by atoms with Gasteiger partial charge in [0.1, 0.15) is 0 Å². The quantitative estimate of drug-likeness (QED) is 0.841. The van der Waals surface area contributed by atoms with Crippen LogP contribution in [0.3, 0.4) is 0 Å². The normalized spacial score (nSPS) is 13.8. The molecule has 2 aliphatic heterocycles. The number of primary amides is 1. The van der Waals surface area contributed by atoms with Gasteiger partial charge < -0.3 is 10.6 Å². The third-order valence-corrected chi connectivity index (χ3v) is 4.88. The molecule has 0 saturated heterocycles. The summed E-state index contributed by atoms with van der Waals surface area (Å²) in [5, 5.41) is 0. The molecule has 0 unspecified atom stereocenters. The fourth-order valence-electron chi connectivity index (χ4n) is 3.39. The number of hydrogen-bond donors (Lipinski definition) is 1. The van der Waals surface area contributed by atoms with Crippen molar-refractivity contribution in [3.05, 3.63) is 70.8 Å². The SMILES string of the molecule is NC(=O)CCCCC(=O)N1Cc2ccc(cc2)CCc2cccc(c2)C1. The zero-order chi connectivity index (χ0) is 18.4. The van der Waals surface area contributed by atoms with Gasteiger partial charge in [0.15, 0.2) is 0 Å². The molecule has 0 aliphatic carbocycles. The van der Waals surface area contributed by atoms with Crippen molar-refractivity contribution in [2.75, 3.05) is 0 Å². The number of unbranched alkanes of at least 4 members (excludes halogenated alkanes) is 1. The summed E-state index contributed by atoms with van der Waals surface area (Å²) in [6.45, 7) is 1.23. The molecule has 0 saturated carbocycles. The van der Waals surface area contributed by atoms with Crippen LogP contribution in [0.4, 0.5) is 0 Å². The summed E-state index contributed by atoms with van der Waals surface area (Å²) in [5.41, 5.74) is 10.1. The molecule has 0 spiro atoms. The summed E-state index contributed by atoms with van der Waals surface area (Å²) in [5.74, 6) is -0.179. The second kappa shape index (κ2) is 8.65. The van der Waals surface area contributed by atoms with Crippen LogP contribution in [0.25, 0.3) is 0 Å². The smallest absolute Gasteiger partial charge is 0.223 e. The molecular weight excluding hydrogens is 324 g/mol. The molecule has 136 valence electrons. The molecule has 0 aromatic heterocycles. The first-order valence-corrected chi connectivity index (χ1v) is 9.32. The van der Waals surface area contributed by atoms with Crippen molar-refractivity contribution in [1.82, 2.24) is 4.90 Å². The van der Waals surface area contributed by atoms with E-state index in [1.807, 2.05) is 4.90 Å². The molecule has 0 fully saturated rings. The molecule has 0 radical (unpaired) electrons. The molecule has 2 aromatic rings. The van der Waals surface area contributed by atoms with Crippen LogP contribution >= 0.6 is 0 Å². The van der Waals surface area contributed by atoms with Gasteiger partial charge in [-0.2, -0.15) is 0 Å². The first kappa shape index (κ1) is 18.2. The van der Waals surface area contributed by atoms with E-state index in [1.54, 1.807) is 0 Å². The number of amides is 2. The summed E-state index contributed by atoms with van der Waals surface area (Å²) >= 11 is 0. The fourth-order valence-corrected chi connectivity index (χ4v) is 3.39. The van der Waals surface area contributed by atoms with Gasteiger partial charge in [-0.25, -0.2) is 0 Å². The minimum atomic E-state index is -0.305. The van der Waals surface area contributed by atoms with Gasteiger partial charge in [0.25, 0.3) is 0 Å². The van der Waals surface area contributed by atoms with E-state index in [-0.39, 0.29) is 11.8 Å². The molecule has 2 aliphatic rings. The van der Waals surface area contributed by atoms with E-state index < -0.39 is 0 Å². The average Bonchev–Trinajstić information content (AvgIpc) is 2.63. The Hall–Kier alpha value is -2.62. The first-order chi connectivity index (χ1) is 12.6. The van der Waals surface area contributed by atoms with E-state index >= 15 is 0 Å². The Kier molecular flexibility index (Phi) is 6.05. The molecule has 2 aromatic carbocycles. The number of benzene rings is 2. The molecule has 4 nitrogen and oxygen atoms in total. The number of carbonyl (C=O) groups is 2. The summed E-state index contributed by atoms with van der Waals surface area (Å²) in [4.78, 5) is 25.5. The van der Waals surface area contributed by atoms with Crippen molar-refractivity contribution in [3.63, 3.8) is 0 Å². The van der Waals surface area contributed by atoms with Crippen molar-refractivity contribution in [1.29, 1.82) is 0 Å². The minimum Gasteiger partial charge on any atom is -0.370 e. The van der Waals surface area contributed by atoms with E-state index in [1.165, 1.54) is 16.7 Å². The van der Waals surface area contributed by atoms with Gasteiger partial charge in [0, 0.05) is 25.9 Å². The lowest BCUT2D eigenvalue weighted by Gasteiger charge is -2.24. The van der Waals surface area contributed by atoms with Gasteiger partial charge in [-0.3, -0.25) is 9.59 Å². The molecule has 2 heterocycles. The van der Waals surface area contributed by atoms with Crippen molar-refractivity contribution >= 4 is 11.8 Å². The number of aryl methyl sites for hydroxylation is 2. The molecular formula is C22H26N2O2. The highest BCUT2D eigenvalue weighted by atomic mass is 16.2. The van der Waals surface area contributed by atoms with Gasteiger partial charge in [0.2, 0.25) is 11.8 Å². The summed E-state index contributed by atoms with van der Waals surface area (Å²) in [6, 6.07) is 17.1. The lowest BCUT2D eigenvalue weighted by Crippen LogP contribution is -2.30. The molecule has 2 amide bonds. The van der Waals surface area contributed by atoms with E-state index in [0.717, 1.165) is 18.4 Å². The number of nitrogens with two attached hydrogens (primary N) is 1. The Morgan fingerprint density at radius 1 is 0.808 bits per heavy atom. The summed E-state index contributed by atoms with van der Waals surface area (Å²) in [6.07, 6.45) is 4.19. The standard InChI is InChI=1S/C22H26N2O2/c23-21(25)6-1-2-7-22(26)24-15-19-12-9-17(10-13-19)8-11-18-4-3-5-20(14-18)16-24/h3-5,9-10,12-14H,1-2,6-8,11,15-16H2,(H2,23,25). The molecule has 2 N–H and O–H groups in total. The third kappa shape index (κ3) is 5.19. The van der Waals surface area contributed by atoms with E-state index in [2.05, 4.69) is 48.5 Å². The van der Waals surface area contributed by atoms with Crippen LogP contribution in [-0.4, -0.2) is 16.7 Å². The highest BCUT2D eigenvalue weighted by Gasteiger charge is 2.15. The Morgan fingerprint density at radius 2 is 1.42 bits per heavy atom. The van der Waals surface area contributed by atoms with E-state index in [0.29, 0.717) is 38.8 Å². The summed E-state index contributed by atoms with van der Waals surface area (Å²) in [7, 11) is 0. The first-order valence-electron chi connectivity index (χ1n) is 9.32. The van der Waals surface area contributed by atoms with Gasteiger partial charge in [-0.1, -0.05) is 48.5 Å². The van der Waals surface area contributed by atoms with Crippen LogP contribution in [-0.2, 0) is 35.5 Å². The molecule has 0 atom stereocenters. The highest BCUT2D eigenvalue weighted by Crippen LogP contribution is 2.18. The Labute approximate surface area is 155 Å². The zero-order valence-electron chi connectivity index (χ0n) is 15.1. The van der Waals surface area contributed by atoms with Crippen molar-refractivity contribution in [2.45, 2.75) is 51.6 Å². The van der Waals surface area contributed by atoms with E-state index in [4.69, 9.17) is 5.73 Å². The fraction of sp³-hybridized carbons (Fsp3) is 0.364. The maximum Gasteiger partial charge on any atom is 0.223 e. The molecule has 4 heteroatoms. The largest absolute Gasteiger partial charge is 0.370 e. The Bertz CT molecular complexity index is 768. The average molecular weight is 350 g/mol. The second-order valence-corrected chi connectivity index (χ2v) is 7.06. The number of rotatable bonds is 5. The molecule has 26 heavy (non-hydrogen) atoms. The maximum atomic E-state index is 12.8. The molecule has 4 bridgehead atoms. The Morgan fingerprint density at radius 3 is 2.19 bits per heavy atom. The lowest BCUT2D eigenvalue weighted by molar-refractivity contribution is -0.132. The number of hydrogen-bond acceptors (Lipinski definition) is 2. The van der Waals surface area contributed by atoms with Crippen LogP contribution in [0.5, 0.6) is 0 Å². The number of carbonyl (C=O) groups excluding carboxylic acids is 2. The second-order valence-electron chi connectivity index (χ2n) is 7.06. The monoisotopic (exact) mass is 350 g/mol. The van der Waals surface area contributed by atoms with Crippen molar-refractivity contribution < 1.29 is 9.59 Å². The van der Waals surface area contributed by atoms with Gasteiger partial charge >= 0.3 is 0 Å². The predicted molar refractivity (Wildman–Crippen MR) is 102 cm³/mol. The third-order valence-electron chi connectivity index (χ3n) is 4.88. The lowest BCUT2D eigenvalue weighted by atomic mass is 10.00. The number of fused-ring (bicyclic) bond motifs is 5.